The van der Waals surface area contributed by atoms with Crippen molar-refractivity contribution in [1.82, 2.24) is 15.1 Å². The molecule has 0 saturated heterocycles. The van der Waals surface area contributed by atoms with E-state index in [9.17, 15) is 0 Å². The first kappa shape index (κ1) is 14.2. The molecule has 98 valence electrons. The molecule has 17 heavy (non-hydrogen) atoms. The topological polar surface area (TPSA) is 39.1 Å². The van der Waals surface area contributed by atoms with Gasteiger partial charge >= 0.3 is 0 Å². The predicted molar refractivity (Wildman–Crippen MR) is 69.9 cm³/mol. The second kappa shape index (κ2) is 7.45. The summed E-state index contributed by atoms with van der Waals surface area (Å²) in [6.45, 7) is 11.9. The van der Waals surface area contributed by atoms with Crippen LogP contribution in [0.5, 0.6) is 0 Å². The molecule has 0 fully saturated rings. The molecule has 4 nitrogen and oxygen atoms in total. The third-order valence-corrected chi connectivity index (χ3v) is 2.32. The van der Waals surface area contributed by atoms with Gasteiger partial charge in [0.2, 0.25) is 0 Å². The number of nitrogens with zero attached hydrogens (tertiary/aromatic N) is 2. The number of hydrogen-bond donors (Lipinski definition) is 1. The van der Waals surface area contributed by atoms with E-state index in [1.165, 1.54) is 5.56 Å². The molecule has 4 heteroatoms. The summed E-state index contributed by atoms with van der Waals surface area (Å²) < 4.78 is 7.47. The van der Waals surface area contributed by atoms with E-state index in [0.717, 1.165) is 26.3 Å². The zero-order chi connectivity index (χ0) is 12.7. The number of ether oxygens (including phenoxy) is 1. The molecule has 0 aliphatic rings. The highest BCUT2D eigenvalue weighted by Crippen LogP contribution is 1.99. The smallest absolute Gasteiger partial charge is 0.0662 e. The Morgan fingerprint density at radius 3 is 2.76 bits per heavy atom. The molecule has 0 bridgehead atoms. The fourth-order valence-electron chi connectivity index (χ4n) is 1.42. The van der Waals surface area contributed by atoms with Crippen molar-refractivity contribution in [2.75, 3.05) is 13.2 Å². The van der Waals surface area contributed by atoms with Gasteiger partial charge in [0.25, 0.3) is 0 Å². The second-order valence-electron chi connectivity index (χ2n) is 5.12. The highest BCUT2D eigenvalue weighted by Gasteiger charge is 2.00. The van der Waals surface area contributed by atoms with Crippen molar-refractivity contribution in [2.24, 2.45) is 5.92 Å². The summed E-state index contributed by atoms with van der Waals surface area (Å²) in [6, 6.07) is 0.507. The van der Waals surface area contributed by atoms with Gasteiger partial charge in [-0.3, -0.25) is 4.68 Å². The van der Waals surface area contributed by atoms with Crippen molar-refractivity contribution in [3.8, 4) is 0 Å². The predicted octanol–water partition coefficient (Wildman–Crippen LogP) is 2.05. The van der Waals surface area contributed by atoms with Crippen LogP contribution < -0.4 is 5.32 Å². The maximum Gasteiger partial charge on any atom is 0.0662 e. The third-order valence-electron chi connectivity index (χ3n) is 2.32. The van der Waals surface area contributed by atoms with Gasteiger partial charge in [0.15, 0.2) is 0 Å². The molecular weight excluding hydrogens is 214 g/mol. The Kier molecular flexibility index (Phi) is 6.22. The Hall–Kier alpha value is -0.870. The van der Waals surface area contributed by atoms with Gasteiger partial charge in [0.05, 0.1) is 19.3 Å². The van der Waals surface area contributed by atoms with Crippen molar-refractivity contribution in [3.63, 3.8) is 0 Å². The summed E-state index contributed by atoms with van der Waals surface area (Å²) in [6.07, 6.45) is 3.99. The summed E-state index contributed by atoms with van der Waals surface area (Å²) in [4.78, 5) is 0. The van der Waals surface area contributed by atoms with Crippen molar-refractivity contribution in [2.45, 2.75) is 46.8 Å². The fraction of sp³-hybridized carbons (Fsp3) is 0.769. The minimum atomic E-state index is 0.507. The van der Waals surface area contributed by atoms with Gasteiger partial charge < -0.3 is 10.1 Å². The van der Waals surface area contributed by atoms with E-state index in [1.807, 2.05) is 10.9 Å². The zero-order valence-electron chi connectivity index (χ0n) is 11.4. The first-order valence-corrected chi connectivity index (χ1v) is 6.40. The van der Waals surface area contributed by atoms with Crippen LogP contribution in [-0.4, -0.2) is 29.0 Å². The molecule has 0 aliphatic heterocycles. The molecule has 0 amide bonds. The van der Waals surface area contributed by atoms with Crippen LogP contribution in [0.2, 0.25) is 0 Å². The van der Waals surface area contributed by atoms with Crippen LogP contribution in [0.25, 0.3) is 0 Å². The minimum absolute atomic E-state index is 0.507. The van der Waals surface area contributed by atoms with E-state index >= 15 is 0 Å². The van der Waals surface area contributed by atoms with Gasteiger partial charge in [-0.15, -0.1) is 0 Å². The summed E-state index contributed by atoms with van der Waals surface area (Å²) in [5.41, 5.74) is 1.22. The molecule has 0 atom stereocenters. The molecule has 1 aromatic heterocycles. The maximum atomic E-state index is 5.53. The van der Waals surface area contributed by atoms with Crippen LogP contribution in [0.15, 0.2) is 12.4 Å². The van der Waals surface area contributed by atoms with E-state index in [4.69, 9.17) is 4.74 Å². The molecule has 1 N–H and O–H groups in total. The highest BCUT2D eigenvalue weighted by atomic mass is 16.5. The molecule has 0 saturated carbocycles. The molecule has 1 aromatic rings. The normalized spacial score (nSPS) is 11.6. The Bertz CT molecular complexity index is 307. The maximum absolute atomic E-state index is 5.53. The summed E-state index contributed by atoms with van der Waals surface area (Å²) in [7, 11) is 0. The molecule has 0 unspecified atom stereocenters. The average molecular weight is 239 g/mol. The van der Waals surface area contributed by atoms with Crippen LogP contribution in [0, 0.1) is 5.92 Å². The SMILES string of the molecule is CC(C)COCCn1cc(CNC(C)C)cn1. The summed E-state index contributed by atoms with van der Waals surface area (Å²) in [5.74, 6) is 0.596. The standard InChI is InChI=1S/C13H25N3O/c1-11(2)10-17-6-5-16-9-13(8-15-16)7-14-12(3)4/h8-9,11-12,14H,5-7,10H2,1-4H3. The van der Waals surface area contributed by atoms with Crippen LogP contribution in [0.3, 0.4) is 0 Å². The van der Waals surface area contributed by atoms with Gasteiger partial charge in [-0.1, -0.05) is 27.7 Å². The Balaban J connectivity index is 2.21. The summed E-state index contributed by atoms with van der Waals surface area (Å²) in [5, 5.41) is 7.68. The van der Waals surface area contributed by atoms with Gasteiger partial charge in [-0.05, 0) is 5.92 Å². The molecule has 0 aliphatic carbocycles. The number of rotatable bonds is 8. The lowest BCUT2D eigenvalue weighted by atomic mass is 10.2. The van der Waals surface area contributed by atoms with E-state index < -0.39 is 0 Å². The molecule has 0 spiro atoms. The lowest BCUT2D eigenvalue weighted by molar-refractivity contribution is 0.101. The Morgan fingerprint density at radius 2 is 2.12 bits per heavy atom. The lowest BCUT2D eigenvalue weighted by Crippen LogP contribution is -2.21. The average Bonchev–Trinajstić information content (AvgIpc) is 2.69. The number of aromatic nitrogens is 2. The largest absolute Gasteiger partial charge is 0.379 e. The van der Waals surface area contributed by atoms with E-state index in [1.54, 1.807) is 0 Å². The van der Waals surface area contributed by atoms with Crippen LogP contribution in [0.4, 0.5) is 0 Å². The van der Waals surface area contributed by atoms with E-state index in [2.05, 4.69) is 44.3 Å². The first-order chi connectivity index (χ1) is 8.08. The molecule has 1 rings (SSSR count). The van der Waals surface area contributed by atoms with E-state index in [-0.39, 0.29) is 0 Å². The van der Waals surface area contributed by atoms with Gasteiger partial charge in [0, 0.05) is 31.0 Å². The lowest BCUT2D eigenvalue weighted by Gasteiger charge is -2.07. The highest BCUT2D eigenvalue weighted by molar-refractivity contribution is 5.03. The molecule has 0 aromatic carbocycles. The third kappa shape index (κ3) is 6.44. The second-order valence-corrected chi connectivity index (χ2v) is 5.12. The van der Waals surface area contributed by atoms with Gasteiger partial charge in [-0.25, -0.2) is 0 Å². The van der Waals surface area contributed by atoms with Crippen LogP contribution >= 0.6 is 0 Å². The monoisotopic (exact) mass is 239 g/mol. The summed E-state index contributed by atoms with van der Waals surface area (Å²) >= 11 is 0. The molecular formula is C13H25N3O. The first-order valence-electron chi connectivity index (χ1n) is 6.40. The van der Waals surface area contributed by atoms with Gasteiger partial charge in [0.1, 0.15) is 0 Å². The van der Waals surface area contributed by atoms with Crippen molar-refractivity contribution < 1.29 is 4.74 Å². The van der Waals surface area contributed by atoms with Gasteiger partial charge in [-0.2, -0.15) is 5.10 Å². The minimum Gasteiger partial charge on any atom is -0.379 e. The number of nitrogens with one attached hydrogen (secondary N) is 1. The quantitative estimate of drug-likeness (QED) is 0.706. The van der Waals surface area contributed by atoms with Crippen LogP contribution in [0.1, 0.15) is 33.3 Å². The van der Waals surface area contributed by atoms with Crippen molar-refractivity contribution in [1.29, 1.82) is 0 Å². The Morgan fingerprint density at radius 1 is 1.35 bits per heavy atom. The van der Waals surface area contributed by atoms with Crippen LogP contribution in [-0.2, 0) is 17.8 Å². The van der Waals surface area contributed by atoms with Crippen molar-refractivity contribution >= 4 is 0 Å². The molecule has 1 heterocycles. The fourth-order valence-corrected chi connectivity index (χ4v) is 1.42. The molecule has 0 radical (unpaired) electrons. The van der Waals surface area contributed by atoms with Crippen molar-refractivity contribution in [3.05, 3.63) is 18.0 Å². The zero-order valence-corrected chi connectivity index (χ0v) is 11.4. The number of hydrogen-bond acceptors (Lipinski definition) is 3. The van der Waals surface area contributed by atoms with E-state index in [0.29, 0.717) is 12.0 Å². The Labute approximate surface area is 104 Å².